The fourth-order valence-electron chi connectivity index (χ4n) is 2.33. The highest BCUT2D eigenvalue weighted by Gasteiger charge is 2.27. The van der Waals surface area contributed by atoms with Gasteiger partial charge >= 0.3 is 0 Å². The molecule has 0 saturated carbocycles. The van der Waals surface area contributed by atoms with Crippen molar-refractivity contribution in [1.29, 1.82) is 0 Å². The van der Waals surface area contributed by atoms with Crippen LogP contribution in [0.15, 0.2) is 18.2 Å². The van der Waals surface area contributed by atoms with E-state index in [-0.39, 0.29) is 6.04 Å². The van der Waals surface area contributed by atoms with E-state index in [1.807, 2.05) is 30.0 Å². The normalized spacial score (nSPS) is 22.0. The van der Waals surface area contributed by atoms with Crippen molar-refractivity contribution in [1.82, 2.24) is 4.90 Å². The molecular formula is C14H22N2O2S. The zero-order valence-corrected chi connectivity index (χ0v) is 12.6. The molecule has 5 heteroatoms. The molecule has 1 heterocycles. The van der Waals surface area contributed by atoms with Crippen molar-refractivity contribution in [2.75, 3.05) is 39.3 Å². The number of nitrogens with two attached hydrogens (primary N) is 1. The first-order valence-electron chi connectivity index (χ1n) is 6.42. The first kappa shape index (κ1) is 14.5. The third-order valence-corrected chi connectivity index (χ3v) is 4.66. The molecule has 1 saturated heterocycles. The molecule has 2 N–H and O–H groups in total. The van der Waals surface area contributed by atoms with E-state index in [1.54, 1.807) is 14.2 Å². The Balaban J connectivity index is 2.24. The van der Waals surface area contributed by atoms with Gasteiger partial charge < -0.3 is 15.2 Å². The number of rotatable bonds is 4. The molecule has 2 atom stereocenters. The van der Waals surface area contributed by atoms with Gasteiger partial charge in [0.05, 0.1) is 14.2 Å². The number of thioether (sulfide) groups is 1. The lowest BCUT2D eigenvalue weighted by atomic mass is 9.99. The van der Waals surface area contributed by atoms with Crippen molar-refractivity contribution in [2.45, 2.75) is 12.1 Å². The summed E-state index contributed by atoms with van der Waals surface area (Å²) in [4.78, 5) is 2.34. The Bertz CT molecular complexity index is 406. The zero-order chi connectivity index (χ0) is 13.8. The lowest BCUT2D eigenvalue weighted by Gasteiger charge is -2.36. The number of benzene rings is 1. The Kier molecular flexibility index (Phi) is 4.96. The fraction of sp³-hybridized carbons (Fsp3) is 0.571. The lowest BCUT2D eigenvalue weighted by molar-refractivity contribution is 0.237. The number of hydrogen-bond donors (Lipinski definition) is 1. The van der Waals surface area contributed by atoms with Crippen LogP contribution >= 0.6 is 11.8 Å². The Morgan fingerprint density at radius 2 is 1.89 bits per heavy atom. The largest absolute Gasteiger partial charge is 0.497 e. The third-order valence-electron chi connectivity index (χ3n) is 3.62. The summed E-state index contributed by atoms with van der Waals surface area (Å²) >= 11 is 1.97. The topological polar surface area (TPSA) is 47.7 Å². The Morgan fingerprint density at radius 1 is 1.26 bits per heavy atom. The smallest absolute Gasteiger partial charge is 0.122 e. The van der Waals surface area contributed by atoms with Gasteiger partial charge in [0.2, 0.25) is 0 Å². The summed E-state index contributed by atoms with van der Waals surface area (Å²) in [5, 5.41) is 0. The second kappa shape index (κ2) is 6.50. The maximum absolute atomic E-state index is 6.44. The van der Waals surface area contributed by atoms with Crippen molar-refractivity contribution >= 4 is 11.8 Å². The quantitative estimate of drug-likeness (QED) is 0.911. The standard InChI is InChI=1S/C14H22N2O2S/c1-16-4-5-19-9-13(16)14(15)10-6-11(17-2)8-12(7-10)18-3/h6-8,13-14H,4-5,9,15H2,1-3H3. The number of nitrogens with zero attached hydrogens (tertiary/aromatic N) is 1. The van der Waals surface area contributed by atoms with E-state index in [0.717, 1.165) is 29.4 Å². The Hall–Kier alpha value is -0.910. The molecular weight excluding hydrogens is 260 g/mol. The molecule has 1 fully saturated rings. The molecule has 0 amide bonds. The van der Waals surface area contributed by atoms with Crippen LogP contribution in [0, 0.1) is 0 Å². The maximum Gasteiger partial charge on any atom is 0.122 e. The van der Waals surface area contributed by atoms with Crippen molar-refractivity contribution in [2.24, 2.45) is 5.73 Å². The Labute approximate surface area is 119 Å². The Morgan fingerprint density at radius 3 is 2.42 bits per heavy atom. The van der Waals surface area contributed by atoms with Crippen LogP contribution in [0.2, 0.25) is 0 Å². The average molecular weight is 282 g/mol. The summed E-state index contributed by atoms with van der Waals surface area (Å²) in [6.45, 7) is 1.09. The second-order valence-corrected chi connectivity index (χ2v) is 5.94. The first-order valence-corrected chi connectivity index (χ1v) is 7.57. The van der Waals surface area contributed by atoms with Crippen LogP contribution in [-0.2, 0) is 0 Å². The van der Waals surface area contributed by atoms with E-state index >= 15 is 0 Å². The van der Waals surface area contributed by atoms with Gasteiger partial charge in [0.25, 0.3) is 0 Å². The van der Waals surface area contributed by atoms with Crippen molar-refractivity contribution in [3.8, 4) is 11.5 Å². The van der Waals surface area contributed by atoms with Crippen LogP contribution in [0.3, 0.4) is 0 Å². The highest BCUT2D eigenvalue weighted by atomic mass is 32.2. The summed E-state index contributed by atoms with van der Waals surface area (Å²) in [5.41, 5.74) is 7.51. The molecule has 0 bridgehead atoms. The number of hydrogen-bond acceptors (Lipinski definition) is 5. The molecule has 2 unspecified atom stereocenters. The van der Waals surface area contributed by atoms with Crippen LogP contribution in [0.1, 0.15) is 11.6 Å². The van der Waals surface area contributed by atoms with Crippen LogP contribution < -0.4 is 15.2 Å². The van der Waals surface area contributed by atoms with E-state index in [4.69, 9.17) is 15.2 Å². The van der Waals surface area contributed by atoms with Crippen molar-refractivity contribution in [3.05, 3.63) is 23.8 Å². The van der Waals surface area contributed by atoms with E-state index in [2.05, 4.69) is 11.9 Å². The minimum Gasteiger partial charge on any atom is -0.497 e. The molecule has 19 heavy (non-hydrogen) atoms. The molecule has 1 aromatic carbocycles. The van der Waals surface area contributed by atoms with E-state index in [0.29, 0.717) is 6.04 Å². The summed E-state index contributed by atoms with van der Waals surface area (Å²) in [5.74, 6) is 3.82. The third kappa shape index (κ3) is 3.35. The monoisotopic (exact) mass is 282 g/mol. The van der Waals surface area contributed by atoms with Gasteiger partial charge in [0.15, 0.2) is 0 Å². The maximum atomic E-state index is 6.44. The first-order chi connectivity index (χ1) is 9.15. The SMILES string of the molecule is COc1cc(OC)cc(C(N)C2CSCCN2C)c1. The van der Waals surface area contributed by atoms with Gasteiger partial charge in [-0.2, -0.15) is 11.8 Å². The van der Waals surface area contributed by atoms with Gasteiger partial charge in [-0.05, 0) is 24.7 Å². The molecule has 0 aliphatic carbocycles. The van der Waals surface area contributed by atoms with Crippen LogP contribution in [0.5, 0.6) is 11.5 Å². The highest BCUT2D eigenvalue weighted by molar-refractivity contribution is 7.99. The lowest BCUT2D eigenvalue weighted by Crippen LogP contribution is -2.46. The molecule has 1 aliphatic rings. The van der Waals surface area contributed by atoms with E-state index < -0.39 is 0 Å². The minimum absolute atomic E-state index is 0.0261. The number of ether oxygens (including phenoxy) is 2. The van der Waals surface area contributed by atoms with Gasteiger partial charge in [0.1, 0.15) is 11.5 Å². The summed E-state index contributed by atoms with van der Waals surface area (Å²) in [6.07, 6.45) is 0. The minimum atomic E-state index is -0.0261. The molecule has 1 aromatic rings. The molecule has 1 aliphatic heterocycles. The predicted octanol–water partition coefficient (Wildman–Crippen LogP) is 1.75. The predicted molar refractivity (Wildman–Crippen MR) is 80.2 cm³/mol. The molecule has 2 rings (SSSR count). The second-order valence-electron chi connectivity index (χ2n) is 4.79. The van der Waals surface area contributed by atoms with Crippen LogP contribution in [0.4, 0.5) is 0 Å². The fourth-order valence-corrected chi connectivity index (χ4v) is 3.61. The number of methoxy groups -OCH3 is 2. The van der Waals surface area contributed by atoms with Crippen molar-refractivity contribution in [3.63, 3.8) is 0 Å². The summed E-state index contributed by atoms with van der Waals surface area (Å²) < 4.78 is 10.6. The molecule has 0 radical (unpaired) electrons. The van der Waals surface area contributed by atoms with E-state index in [1.165, 1.54) is 5.75 Å². The molecule has 4 nitrogen and oxygen atoms in total. The van der Waals surface area contributed by atoms with E-state index in [9.17, 15) is 0 Å². The highest BCUT2D eigenvalue weighted by Crippen LogP contribution is 2.30. The van der Waals surface area contributed by atoms with Crippen molar-refractivity contribution < 1.29 is 9.47 Å². The van der Waals surface area contributed by atoms with Gasteiger partial charge in [-0.1, -0.05) is 0 Å². The van der Waals surface area contributed by atoms with Crippen LogP contribution in [-0.4, -0.2) is 50.3 Å². The average Bonchev–Trinajstić information content (AvgIpc) is 2.46. The molecule has 0 spiro atoms. The van der Waals surface area contributed by atoms with Gasteiger partial charge in [0, 0.05) is 36.2 Å². The summed E-state index contributed by atoms with van der Waals surface area (Å²) in [7, 11) is 5.46. The zero-order valence-electron chi connectivity index (χ0n) is 11.8. The van der Waals surface area contributed by atoms with Gasteiger partial charge in [-0.25, -0.2) is 0 Å². The van der Waals surface area contributed by atoms with Crippen LogP contribution in [0.25, 0.3) is 0 Å². The molecule has 0 aromatic heterocycles. The summed E-state index contributed by atoms with van der Waals surface area (Å²) in [6, 6.07) is 6.20. The molecule has 106 valence electrons. The number of likely N-dealkylation sites (N-methyl/N-ethyl adjacent to an activating group) is 1. The van der Waals surface area contributed by atoms with Gasteiger partial charge in [-0.3, -0.25) is 4.90 Å². The van der Waals surface area contributed by atoms with Gasteiger partial charge in [-0.15, -0.1) is 0 Å².